The summed E-state index contributed by atoms with van der Waals surface area (Å²) in [6.45, 7) is 8.60. The van der Waals surface area contributed by atoms with Gasteiger partial charge in [-0.25, -0.2) is 0 Å². The molecule has 2 aliphatic rings. The molecule has 0 radical (unpaired) electrons. The summed E-state index contributed by atoms with van der Waals surface area (Å²) in [5, 5.41) is 19.7. The van der Waals surface area contributed by atoms with E-state index in [0.717, 1.165) is 47.2 Å². The molecule has 5 rings (SSSR count). The summed E-state index contributed by atoms with van der Waals surface area (Å²) >= 11 is 1.66. The number of halogens is 1. The van der Waals surface area contributed by atoms with E-state index in [0.29, 0.717) is 12.0 Å². The van der Waals surface area contributed by atoms with Crippen molar-refractivity contribution in [2.24, 2.45) is 5.41 Å². The normalized spacial score (nSPS) is 23.4. The zero-order valence-corrected chi connectivity index (χ0v) is 22.4. The largest absolute Gasteiger partial charge is 0.508 e. The highest BCUT2D eigenvalue weighted by Gasteiger charge is 2.34. The van der Waals surface area contributed by atoms with Crippen LogP contribution in [0.25, 0.3) is 0 Å². The highest BCUT2D eigenvalue weighted by Crippen LogP contribution is 2.54. The molecule has 1 fully saturated rings. The molecule has 0 aromatic heterocycles. The van der Waals surface area contributed by atoms with Crippen molar-refractivity contribution < 1.29 is 19.7 Å². The minimum atomic E-state index is -0.216. The van der Waals surface area contributed by atoms with Gasteiger partial charge in [-0.3, -0.25) is 4.90 Å². The Kier molecular flexibility index (Phi) is 8.28. The zero-order chi connectivity index (χ0) is 24.4. The van der Waals surface area contributed by atoms with Crippen LogP contribution in [0, 0.1) is 5.41 Å². The standard InChI is InChI=1S/C29H33NO4S.ClH/c1-3-29(2)14-15-30(19-29)16-17-33-24-11-6-20(7-12-24)27-28(21-4-8-22(31)9-5-21)35-26-18-23(32)10-13-25(26)34-27;/h4-13,18,27-28,31-32H,3,14-17,19H2,1-2H3;1H/t27-,28+,29+;/m0./s1. The van der Waals surface area contributed by atoms with Gasteiger partial charge in [0.15, 0.2) is 0 Å². The number of likely N-dealkylation sites (tertiary alicyclic amines) is 1. The molecule has 2 N–H and O–H groups in total. The lowest BCUT2D eigenvalue weighted by Gasteiger charge is -2.34. The fraction of sp³-hybridized carbons (Fsp3) is 0.379. The van der Waals surface area contributed by atoms with Gasteiger partial charge in [0.2, 0.25) is 0 Å². The Morgan fingerprint density at radius 1 is 1.00 bits per heavy atom. The Bertz CT molecular complexity index is 1160. The summed E-state index contributed by atoms with van der Waals surface area (Å²) in [6, 6.07) is 20.6. The van der Waals surface area contributed by atoms with E-state index in [1.54, 1.807) is 36.0 Å². The van der Waals surface area contributed by atoms with E-state index in [2.05, 4.69) is 30.9 Å². The second-order valence-electron chi connectivity index (χ2n) is 9.91. The number of hydrogen-bond acceptors (Lipinski definition) is 6. The maximum atomic E-state index is 9.95. The average molecular weight is 528 g/mol. The lowest BCUT2D eigenvalue weighted by atomic mass is 9.87. The van der Waals surface area contributed by atoms with Crippen LogP contribution in [0.15, 0.2) is 71.6 Å². The number of fused-ring (bicyclic) bond motifs is 1. The molecule has 7 heteroatoms. The van der Waals surface area contributed by atoms with Crippen LogP contribution in [0.1, 0.15) is 49.2 Å². The molecule has 0 aliphatic carbocycles. The van der Waals surface area contributed by atoms with E-state index in [9.17, 15) is 10.2 Å². The molecular formula is C29H34ClNO4S. The molecule has 0 spiro atoms. The maximum Gasteiger partial charge on any atom is 0.140 e. The van der Waals surface area contributed by atoms with Crippen molar-refractivity contribution in [1.29, 1.82) is 0 Å². The van der Waals surface area contributed by atoms with Gasteiger partial charge in [-0.1, -0.05) is 38.1 Å². The van der Waals surface area contributed by atoms with Crippen LogP contribution in [-0.4, -0.2) is 41.4 Å². The first-order valence-electron chi connectivity index (χ1n) is 12.3. The third-order valence-corrected chi connectivity index (χ3v) is 8.65. The van der Waals surface area contributed by atoms with Gasteiger partial charge in [-0.05, 0) is 78.4 Å². The summed E-state index contributed by atoms with van der Waals surface area (Å²) in [6.07, 6.45) is 2.28. The first-order chi connectivity index (χ1) is 16.9. The molecular weight excluding hydrogens is 494 g/mol. The molecule has 3 aromatic rings. The summed E-state index contributed by atoms with van der Waals surface area (Å²) in [5.41, 5.74) is 2.56. The van der Waals surface area contributed by atoms with Crippen molar-refractivity contribution in [1.82, 2.24) is 4.90 Å². The number of phenolic OH excluding ortho intramolecular Hbond substituents is 2. The Labute approximate surface area is 223 Å². The molecule has 0 unspecified atom stereocenters. The molecule has 3 atom stereocenters. The predicted octanol–water partition coefficient (Wildman–Crippen LogP) is 6.99. The zero-order valence-electron chi connectivity index (χ0n) is 20.7. The van der Waals surface area contributed by atoms with Gasteiger partial charge in [0.25, 0.3) is 0 Å². The molecule has 2 aliphatic heterocycles. The van der Waals surface area contributed by atoms with Crippen LogP contribution in [-0.2, 0) is 0 Å². The maximum absolute atomic E-state index is 9.95. The van der Waals surface area contributed by atoms with Crippen molar-refractivity contribution in [2.45, 2.75) is 42.9 Å². The molecule has 1 saturated heterocycles. The monoisotopic (exact) mass is 527 g/mol. The predicted molar refractivity (Wildman–Crippen MR) is 147 cm³/mol. The number of thioether (sulfide) groups is 1. The Morgan fingerprint density at radius 2 is 1.69 bits per heavy atom. The number of rotatable bonds is 7. The summed E-state index contributed by atoms with van der Waals surface area (Å²) in [7, 11) is 0. The number of nitrogens with zero attached hydrogens (tertiary/aromatic N) is 1. The third kappa shape index (κ3) is 5.88. The number of phenols is 2. The Hall–Kier alpha value is -2.54. The topological polar surface area (TPSA) is 62.2 Å². The van der Waals surface area contributed by atoms with Crippen LogP contribution >= 0.6 is 24.2 Å². The quantitative estimate of drug-likeness (QED) is 0.345. The van der Waals surface area contributed by atoms with Crippen LogP contribution in [0.4, 0.5) is 0 Å². The van der Waals surface area contributed by atoms with Gasteiger partial charge in [-0.15, -0.1) is 24.2 Å². The molecule has 0 amide bonds. The van der Waals surface area contributed by atoms with Gasteiger partial charge < -0.3 is 19.7 Å². The molecule has 2 heterocycles. The summed E-state index contributed by atoms with van der Waals surface area (Å²) < 4.78 is 12.5. The third-order valence-electron chi connectivity index (χ3n) is 7.31. The Morgan fingerprint density at radius 3 is 2.39 bits per heavy atom. The minimum absolute atomic E-state index is 0. The first-order valence-corrected chi connectivity index (χ1v) is 13.2. The van der Waals surface area contributed by atoms with Crippen molar-refractivity contribution in [3.8, 4) is 23.0 Å². The van der Waals surface area contributed by atoms with E-state index in [1.807, 2.05) is 30.3 Å². The van der Waals surface area contributed by atoms with Gasteiger partial charge in [0.1, 0.15) is 35.7 Å². The van der Waals surface area contributed by atoms with Crippen molar-refractivity contribution >= 4 is 24.2 Å². The summed E-state index contributed by atoms with van der Waals surface area (Å²) in [5.74, 6) is 2.08. The van der Waals surface area contributed by atoms with Crippen molar-refractivity contribution in [3.63, 3.8) is 0 Å². The lowest BCUT2D eigenvalue weighted by Crippen LogP contribution is -2.28. The molecule has 5 nitrogen and oxygen atoms in total. The highest BCUT2D eigenvalue weighted by molar-refractivity contribution is 7.99. The average Bonchev–Trinajstić information content (AvgIpc) is 3.25. The smallest absolute Gasteiger partial charge is 0.140 e. The van der Waals surface area contributed by atoms with E-state index >= 15 is 0 Å². The van der Waals surface area contributed by atoms with Crippen molar-refractivity contribution in [3.05, 3.63) is 77.9 Å². The van der Waals surface area contributed by atoms with Gasteiger partial charge in [0, 0.05) is 13.1 Å². The fourth-order valence-electron chi connectivity index (χ4n) is 4.88. The van der Waals surface area contributed by atoms with Crippen LogP contribution in [0.3, 0.4) is 0 Å². The number of aromatic hydroxyl groups is 2. The van der Waals surface area contributed by atoms with Gasteiger partial charge in [-0.2, -0.15) is 0 Å². The van der Waals surface area contributed by atoms with Gasteiger partial charge >= 0.3 is 0 Å². The molecule has 0 saturated carbocycles. The van der Waals surface area contributed by atoms with Crippen LogP contribution in [0.2, 0.25) is 0 Å². The summed E-state index contributed by atoms with van der Waals surface area (Å²) in [4.78, 5) is 3.41. The molecule has 0 bridgehead atoms. The van der Waals surface area contributed by atoms with E-state index in [1.165, 1.54) is 12.8 Å². The Balaban J connectivity index is 0.00000304. The van der Waals surface area contributed by atoms with E-state index in [4.69, 9.17) is 9.47 Å². The second kappa shape index (κ2) is 11.2. The van der Waals surface area contributed by atoms with Crippen molar-refractivity contribution in [2.75, 3.05) is 26.2 Å². The van der Waals surface area contributed by atoms with Gasteiger partial charge in [0.05, 0.1) is 10.1 Å². The van der Waals surface area contributed by atoms with E-state index in [-0.39, 0.29) is 35.3 Å². The fourth-order valence-corrected chi connectivity index (χ4v) is 6.21. The van der Waals surface area contributed by atoms with E-state index < -0.39 is 0 Å². The number of benzene rings is 3. The SMILES string of the molecule is CC[C@]1(C)CCN(CCOc2ccc([C@@H]3Oc4ccc(O)cc4S[C@@H]3c3ccc(O)cc3)cc2)C1.Cl. The first kappa shape index (κ1) is 26.5. The number of ether oxygens (including phenoxy) is 2. The molecule has 192 valence electrons. The highest BCUT2D eigenvalue weighted by atomic mass is 35.5. The second-order valence-corrected chi connectivity index (χ2v) is 11.1. The lowest BCUT2D eigenvalue weighted by molar-refractivity contribution is 0.190. The van der Waals surface area contributed by atoms with Crippen LogP contribution in [0.5, 0.6) is 23.0 Å². The number of hydrogen-bond donors (Lipinski definition) is 2. The minimum Gasteiger partial charge on any atom is -0.508 e. The molecule has 3 aromatic carbocycles. The van der Waals surface area contributed by atoms with Crippen LogP contribution < -0.4 is 9.47 Å². The molecule has 36 heavy (non-hydrogen) atoms.